The van der Waals surface area contributed by atoms with Crippen LogP contribution in [-0.2, 0) is 13.1 Å². The summed E-state index contributed by atoms with van der Waals surface area (Å²) in [6.07, 6.45) is 0. The predicted octanol–water partition coefficient (Wildman–Crippen LogP) is 2.19. The van der Waals surface area contributed by atoms with Gasteiger partial charge in [-0.05, 0) is 5.56 Å². The quantitative estimate of drug-likeness (QED) is 0.883. The lowest BCUT2D eigenvalue weighted by Crippen LogP contribution is -2.26. The van der Waals surface area contributed by atoms with Gasteiger partial charge < -0.3 is 5.11 Å². The Morgan fingerprint density at radius 2 is 2.00 bits per heavy atom. The van der Waals surface area contributed by atoms with Crippen LogP contribution < -0.4 is 0 Å². The van der Waals surface area contributed by atoms with E-state index in [4.69, 9.17) is 16.7 Å². The molecular formula is C12H14ClN3OS. The zero-order valence-corrected chi connectivity index (χ0v) is 11.4. The van der Waals surface area contributed by atoms with Crippen molar-refractivity contribution in [2.75, 3.05) is 13.2 Å². The fraction of sp³-hybridized carbons (Fsp3) is 0.333. The fourth-order valence-electron chi connectivity index (χ4n) is 1.70. The number of hydrogen-bond donors (Lipinski definition) is 1. The summed E-state index contributed by atoms with van der Waals surface area (Å²) in [4.78, 5) is 2.10. The zero-order valence-electron chi connectivity index (χ0n) is 9.79. The van der Waals surface area contributed by atoms with E-state index >= 15 is 0 Å². The lowest BCUT2D eigenvalue weighted by molar-refractivity contribution is 0.183. The van der Waals surface area contributed by atoms with Crippen LogP contribution in [0.15, 0.2) is 30.3 Å². The zero-order chi connectivity index (χ0) is 12.8. The molecule has 0 amide bonds. The third-order valence-electron chi connectivity index (χ3n) is 2.55. The van der Waals surface area contributed by atoms with Gasteiger partial charge in [0.15, 0.2) is 0 Å². The highest BCUT2D eigenvalue weighted by Gasteiger charge is 2.12. The molecule has 0 atom stereocenters. The first kappa shape index (κ1) is 13.4. The number of benzene rings is 1. The summed E-state index contributed by atoms with van der Waals surface area (Å²) in [5, 5.41) is 13.1. The standard InChI is InChI=1S/C12H14ClN3OS/c13-12-11(14-15-18-12)9-16(6-7-17)8-10-4-2-1-3-5-10/h1-5,17H,6-9H2. The van der Waals surface area contributed by atoms with E-state index in [9.17, 15) is 0 Å². The maximum absolute atomic E-state index is 9.10. The van der Waals surface area contributed by atoms with Crippen molar-refractivity contribution in [3.63, 3.8) is 0 Å². The normalized spacial score (nSPS) is 11.1. The van der Waals surface area contributed by atoms with E-state index in [1.54, 1.807) is 0 Å². The van der Waals surface area contributed by atoms with Gasteiger partial charge in [-0.2, -0.15) is 0 Å². The van der Waals surface area contributed by atoms with Crippen molar-refractivity contribution in [3.05, 3.63) is 45.9 Å². The molecule has 4 nitrogen and oxygen atoms in total. The van der Waals surface area contributed by atoms with Gasteiger partial charge in [-0.1, -0.05) is 46.4 Å². The Morgan fingerprint density at radius 1 is 1.22 bits per heavy atom. The largest absolute Gasteiger partial charge is 0.395 e. The molecule has 18 heavy (non-hydrogen) atoms. The summed E-state index contributed by atoms with van der Waals surface area (Å²) in [5.74, 6) is 0. The van der Waals surface area contributed by atoms with Crippen molar-refractivity contribution in [2.24, 2.45) is 0 Å². The van der Waals surface area contributed by atoms with Gasteiger partial charge in [0.25, 0.3) is 0 Å². The van der Waals surface area contributed by atoms with Crippen LogP contribution in [0.1, 0.15) is 11.3 Å². The van der Waals surface area contributed by atoms with E-state index in [2.05, 4.69) is 26.6 Å². The van der Waals surface area contributed by atoms with Crippen LogP contribution in [0.4, 0.5) is 0 Å². The van der Waals surface area contributed by atoms with Crippen LogP contribution >= 0.6 is 23.1 Å². The number of aliphatic hydroxyl groups excluding tert-OH is 1. The Hall–Kier alpha value is -1.01. The van der Waals surface area contributed by atoms with Crippen LogP contribution in [-0.4, -0.2) is 32.7 Å². The SMILES string of the molecule is OCCN(Cc1ccccc1)Cc1nnsc1Cl. The molecule has 0 bridgehead atoms. The molecule has 1 aromatic carbocycles. The molecule has 0 fully saturated rings. The molecule has 0 saturated heterocycles. The lowest BCUT2D eigenvalue weighted by atomic mass is 10.2. The second kappa shape index (κ2) is 6.80. The van der Waals surface area contributed by atoms with E-state index in [0.29, 0.717) is 17.4 Å². The molecule has 0 saturated carbocycles. The summed E-state index contributed by atoms with van der Waals surface area (Å²) in [7, 11) is 0. The van der Waals surface area contributed by atoms with Gasteiger partial charge in [0, 0.05) is 31.2 Å². The topological polar surface area (TPSA) is 49.2 Å². The molecule has 2 aromatic rings. The molecule has 0 aliphatic rings. The van der Waals surface area contributed by atoms with Gasteiger partial charge in [0.05, 0.1) is 6.61 Å². The predicted molar refractivity (Wildman–Crippen MR) is 72.6 cm³/mol. The molecule has 2 rings (SSSR count). The van der Waals surface area contributed by atoms with Crippen LogP contribution in [0.3, 0.4) is 0 Å². The maximum atomic E-state index is 9.10. The number of nitrogens with zero attached hydrogens (tertiary/aromatic N) is 3. The van der Waals surface area contributed by atoms with Gasteiger partial charge in [-0.25, -0.2) is 0 Å². The number of aromatic nitrogens is 2. The lowest BCUT2D eigenvalue weighted by Gasteiger charge is -2.20. The Balaban J connectivity index is 2.02. The summed E-state index contributed by atoms with van der Waals surface area (Å²) in [5.41, 5.74) is 1.97. The van der Waals surface area contributed by atoms with Crippen LogP contribution in [0, 0.1) is 0 Å². The van der Waals surface area contributed by atoms with Crippen molar-refractivity contribution < 1.29 is 5.11 Å². The van der Waals surface area contributed by atoms with Crippen molar-refractivity contribution in [1.29, 1.82) is 0 Å². The minimum absolute atomic E-state index is 0.113. The minimum atomic E-state index is 0.113. The average Bonchev–Trinajstić information content (AvgIpc) is 2.77. The Bertz CT molecular complexity index is 477. The van der Waals surface area contributed by atoms with Gasteiger partial charge in [-0.15, -0.1) is 5.10 Å². The summed E-state index contributed by atoms with van der Waals surface area (Å²) in [6.45, 7) is 2.06. The first-order chi connectivity index (χ1) is 8.79. The monoisotopic (exact) mass is 283 g/mol. The van der Waals surface area contributed by atoms with Crippen LogP contribution in [0.25, 0.3) is 0 Å². The van der Waals surface area contributed by atoms with E-state index < -0.39 is 0 Å². The van der Waals surface area contributed by atoms with E-state index in [0.717, 1.165) is 12.2 Å². The molecule has 0 unspecified atom stereocenters. The highest BCUT2D eigenvalue weighted by Crippen LogP contribution is 2.19. The number of rotatable bonds is 6. The third-order valence-corrected chi connectivity index (χ3v) is 3.53. The Kier molecular flexibility index (Phi) is 5.07. The molecule has 0 radical (unpaired) electrons. The summed E-state index contributed by atoms with van der Waals surface area (Å²) in [6, 6.07) is 10.1. The molecule has 0 aliphatic carbocycles. The second-order valence-corrected chi connectivity index (χ2v) is 5.27. The molecule has 1 aromatic heterocycles. The fourth-order valence-corrected chi connectivity index (χ4v) is 2.31. The van der Waals surface area contributed by atoms with Gasteiger partial charge in [0.1, 0.15) is 10.0 Å². The van der Waals surface area contributed by atoms with Crippen LogP contribution in [0.5, 0.6) is 0 Å². The second-order valence-electron chi connectivity index (χ2n) is 3.91. The van der Waals surface area contributed by atoms with E-state index in [-0.39, 0.29) is 6.61 Å². The Labute approximate surface area is 115 Å². The number of halogens is 1. The average molecular weight is 284 g/mol. The summed E-state index contributed by atoms with van der Waals surface area (Å²) >= 11 is 7.18. The number of hydrogen-bond acceptors (Lipinski definition) is 5. The van der Waals surface area contributed by atoms with E-state index in [1.807, 2.05) is 18.2 Å². The van der Waals surface area contributed by atoms with Gasteiger partial charge >= 0.3 is 0 Å². The highest BCUT2D eigenvalue weighted by atomic mass is 35.5. The number of aliphatic hydroxyl groups is 1. The molecule has 0 spiro atoms. The smallest absolute Gasteiger partial charge is 0.138 e. The van der Waals surface area contributed by atoms with Crippen molar-refractivity contribution in [3.8, 4) is 0 Å². The Morgan fingerprint density at radius 3 is 2.61 bits per heavy atom. The highest BCUT2D eigenvalue weighted by molar-refractivity contribution is 7.10. The van der Waals surface area contributed by atoms with Gasteiger partial charge in [-0.3, -0.25) is 4.90 Å². The molecule has 1 heterocycles. The first-order valence-corrected chi connectivity index (χ1v) is 6.78. The first-order valence-electron chi connectivity index (χ1n) is 5.63. The van der Waals surface area contributed by atoms with Crippen molar-refractivity contribution in [2.45, 2.75) is 13.1 Å². The molecule has 6 heteroatoms. The third kappa shape index (κ3) is 3.74. The maximum Gasteiger partial charge on any atom is 0.138 e. The van der Waals surface area contributed by atoms with Crippen LogP contribution in [0.2, 0.25) is 4.34 Å². The summed E-state index contributed by atoms with van der Waals surface area (Å²) < 4.78 is 4.43. The van der Waals surface area contributed by atoms with E-state index in [1.165, 1.54) is 17.1 Å². The minimum Gasteiger partial charge on any atom is -0.395 e. The molecule has 96 valence electrons. The molecule has 0 aliphatic heterocycles. The molecular weight excluding hydrogens is 270 g/mol. The van der Waals surface area contributed by atoms with Crippen molar-refractivity contribution >= 4 is 23.1 Å². The van der Waals surface area contributed by atoms with Gasteiger partial charge in [0.2, 0.25) is 0 Å². The molecule has 1 N–H and O–H groups in total. The van der Waals surface area contributed by atoms with Crippen molar-refractivity contribution in [1.82, 2.24) is 14.5 Å².